The van der Waals surface area contributed by atoms with Crippen LogP contribution in [-0.2, 0) is 0 Å². The van der Waals surface area contributed by atoms with Gasteiger partial charge in [0.1, 0.15) is 5.82 Å². The first-order valence-corrected chi connectivity index (χ1v) is 9.66. The van der Waals surface area contributed by atoms with Crippen molar-refractivity contribution in [2.24, 2.45) is 0 Å². The number of thioether (sulfide) groups is 1. The van der Waals surface area contributed by atoms with Crippen molar-refractivity contribution in [3.8, 4) is 0 Å². The molecule has 132 valence electrons. The third kappa shape index (κ3) is 3.24. The van der Waals surface area contributed by atoms with E-state index in [0.717, 1.165) is 35.5 Å². The Bertz CT molecular complexity index is 957. The second kappa shape index (κ2) is 7.33. The van der Waals surface area contributed by atoms with Crippen molar-refractivity contribution in [1.82, 2.24) is 9.88 Å². The Morgan fingerprint density at radius 2 is 1.81 bits per heavy atom. The molecule has 0 saturated carbocycles. The molecular weight excluding hydrogens is 349 g/mol. The van der Waals surface area contributed by atoms with Crippen LogP contribution in [0.15, 0.2) is 54.7 Å². The number of anilines is 2. The Kier molecular flexibility index (Phi) is 4.75. The minimum Gasteiger partial charge on any atom is -0.352 e. The maximum Gasteiger partial charge on any atom is 0.257 e. The molecule has 3 aromatic rings. The smallest absolute Gasteiger partial charge is 0.257 e. The average Bonchev–Trinajstić information content (AvgIpc) is 2.70. The molecular formula is C20H18FN3OS. The molecule has 0 bridgehead atoms. The molecule has 26 heavy (non-hydrogen) atoms. The fraction of sp³-hybridized carbons (Fsp3) is 0.200. The van der Waals surface area contributed by atoms with Gasteiger partial charge in [0.2, 0.25) is 0 Å². The number of fused-ring (bicyclic) bond motifs is 1. The summed E-state index contributed by atoms with van der Waals surface area (Å²) in [5, 5.41) is 3.94. The standard InChI is InChI=1S/C20H18FN3OS/c21-16-6-2-4-8-18(16)23-19-14-5-1-3-7-17(14)22-13-15(19)20(25)24-9-11-26-12-10-24/h1-8,13H,9-12H2,(H,22,23). The van der Waals surface area contributed by atoms with E-state index >= 15 is 0 Å². The molecule has 0 spiro atoms. The number of nitrogens with zero attached hydrogens (tertiary/aromatic N) is 2. The fourth-order valence-electron chi connectivity index (χ4n) is 3.07. The minimum atomic E-state index is -0.360. The number of hydrogen-bond acceptors (Lipinski definition) is 4. The van der Waals surface area contributed by atoms with E-state index in [1.807, 2.05) is 40.9 Å². The number of para-hydroxylation sites is 2. The summed E-state index contributed by atoms with van der Waals surface area (Å²) in [5.74, 6) is 1.44. The molecule has 1 aromatic heterocycles. The van der Waals surface area contributed by atoms with Crippen molar-refractivity contribution in [3.05, 3.63) is 66.1 Å². The van der Waals surface area contributed by atoms with Crippen LogP contribution in [0.3, 0.4) is 0 Å². The van der Waals surface area contributed by atoms with E-state index in [0.29, 0.717) is 16.9 Å². The predicted octanol–water partition coefficient (Wildman–Crippen LogP) is 4.31. The van der Waals surface area contributed by atoms with Crippen molar-refractivity contribution in [1.29, 1.82) is 0 Å². The van der Waals surface area contributed by atoms with Crippen molar-refractivity contribution in [3.63, 3.8) is 0 Å². The highest BCUT2D eigenvalue weighted by Crippen LogP contribution is 2.31. The third-order valence-electron chi connectivity index (χ3n) is 4.44. The molecule has 6 heteroatoms. The van der Waals surface area contributed by atoms with Gasteiger partial charge < -0.3 is 10.2 Å². The largest absolute Gasteiger partial charge is 0.352 e. The van der Waals surface area contributed by atoms with Gasteiger partial charge in [0, 0.05) is 36.2 Å². The Morgan fingerprint density at radius 3 is 2.62 bits per heavy atom. The van der Waals surface area contributed by atoms with Crippen molar-refractivity contribution in [2.75, 3.05) is 29.9 Å². The Hall–Kier alpha value is -2.60. The normalized spacial score (nSPS) is 14.4. The van der Waals surface area contributed by atoms with Crippen molar-refractivity contribution >= 4 is 39.9 Å². The monoisotopic (exact) mass is 367 g/mol. The second-order valence-electron chi connectivity index (χ2n) is 6.07. The number of carbonyl (C=O) groups is 1. The summed E-state index contributed by atoms with van der Waals surface area (Å²) in [7, 11) is 0. The lowest BCUT2D eigenvalue weighted by molar-refractivity contribution is 0.0773. The zero-order valence-corrected chi connectivity index (χ0v) is 14.9. The average molecular weight is 367 g/mol. The summed E-state index contributed by atoms with van der Waals surface area (Å²) in [5.41, 5.74) is 2.17. The number of pyridine rings is 1. The topological polar surface area (TPSA) is 45.2 Å². The van der Waals surface area contributed by atoms with Gasteiger partial charge in [-0.3, -0.25) is 9.78 Å². The molecule has 0 atom stereocenters. The van der Waals surface area contributed by atoms with Crippen molar-refractivity contribution < 1.29 is 9.18 Å². The van der Waals surface area contributed by atoms with Crippen LogP contribution in [0.1, 0.15) is 10.4 Å². The first kappa shape index (κ1) is 16.8. The van der Waals surface area contributed by atoms with Gasteiger partial charge in [0.05, 0.1) is 22.5 Å². The lowest BCUT2D eigenvalue weighted by Crippen LogP contribution is -2.38. The van der Waals surface area contributed by atoms with Crippen LogP contribution < -0.4 is 5.32 Å². The molecule has 2 aromatic carbocycles. The summed E-state index contributed by atoms with van der Waals surface area (Å²) in [4.78, 5) is 19.4. The van der Waals surface area contributed by atoms with Crippen molar-refractivity contribution in [2.45, 2.75) is 0 Å². The van der Waals surface area contributed by atoms with E-state index < -0.39 is 0 Å². The SMILES string of the molecule is O=C(c1cnc2ccccc2c1Nc1ccccc1F)N1CCSCC1. The molecule has 0 aliphatic carbocycles. The number of hydrogen-bond donors (Lipinski definition) is 1. The lowest BCUT2D eigenvalue weighted by atomic mass is 10.1. The highest BCUT2D eigenvalue weighted by molar-refractivity contribution is 7.99. The molecule has 1 amide bonds. The first-order chi connectivity index (χ1) is 12.7. The van der Waals surface area contributed by atoms with Crippen LogP contribution in [0.25, 0.3) is 10.9 Å². The quantitative estimate of drug-likeness (QED) is 0.749. The first-order valence-electron chi connectivity index (χ1n) is 8.50. The lowest BCUT2D eigenvalue weighted by Gasteiger charge is -2.27. The van der Waals surface area contributed by atoms with Gasteiger partial charge in [-0.2, -0.15) is 11.8 Å². The van der Waals surface area contributed by atoms with E-state index in [1.165, 1.54) is 6.07 Å². The fourth-order valence-corrected chi connectivity index (χ4v) is 3.98. The molecule has 1 N–H and O–H groups in total. The van der Waals surface area contributed by atoms with E-state index in [4.69, 9.17) is 0 Å². The van der Waals surface area contributed by atoms with Crippen LogP contribution in [0, 0.1) is 5.82 Å². The molecule has 1 aliphatic rings. The molecule has 0 unspecified atom stereocenters. The Morgan fingerprint density at radius 1 is 1.08 bits per heavy atom. The molecule has 4 nitrogen and oxygen atoms in total. The number of carbonyl (C=O) groups excluding carboxylic acids is 1. The summed E-state index contributed by atoms with van der Waals surface area (Å²) in [6.07, 6.45) is 1.59. The van der Waals surface area contributed by atoms with E-state index in [9.17, 15) is 9.18 Å². The number of amides is 1. The maximum absolute atomic E-state index is 14.2. The summed E-state index contributed by atoms with van der Waals surface area (Å²) >= 11 is 1.85. The summed E-state index contributed by atoms with van der Waals surface area (Å²) < 4.78 is 14.2. The summed E-state index contributed by atoms with van der Waals surface area (Å²) in [6.45, 7) is 1.44. The summed E-state index contributed by atoms with van der Waals surface area (Å²) in [6, 6.07) is 14.0. The van der Waals surface area contributed by atoms with Gasteiger partial charge >= 0.3 is 0 Å². The van der Waals surface area contributed by atoms with Crippen LogP contribution >= 0.6 is 11.8 Å². The third-order valence-corrected chi connectivity index (χ3v) is 5.38. The second-order valence-corrected chi connectivity index (χ2v) is 7.30. The van der Waals surface area contributed by atoms with Gasteiger partial charge in [-0.25, -0.2) is 4.39 Å². The van der Waals surface area contributed by atoms with Gasteiger partial charge in [-0.15, -0.1) is 0 Å². The van der Waals surface area contributed by atoms with Crippen LogP contribution in [-0.4, -0.2) is 40.4 Å². The molecule has 1 aliphatic heterocycles. The molecule has 0 radical (unpaired) electrons. The van der Waals surface area contributed by atoms with Gasteiger partial charge in [-0.05, 0) is 18.2 Å². The molecule has 1 saturated heterocycles. The number of rotatable bonds is 3. The molecule has 1 fully saturated rings. The highest BCUT2D eigenvalue weighted by Gasteiger charge is 2.23. The van der Waals surface area contributed by atoms with E-state index in [1.54, 1.807) is 24.4 Å². The van der Waals surface area contributed by atoms with Crippen LogP contribution in [0.5, 0.6) is 0 Å². The van der Waals surface area contributed by atoms with E-state index in [-0.39, 0.29) is 11.7 Å². The zero-order valence-electron chi connectivity index (χ0n) is 14.1. The van der Waals surface area contributed by atoms with Gasteiger partial charge in [-0.1, -0.05) is 30.3 Å². The van der Waals surface area contributed by atoms with Crippen LogP contribution in [0.2, 0.25) is 0 Å². The van der Waals surface area contributed by atoms with Gasteiger partial charge in [0.25, 0.3) is 5.91 Å². The van der Waals surface area contributed by atoms with Gasteiger partial charge in [0.15, 0.2) is 0 Å². The maximum atomic E-state index is 14.2. The Labute approximate surface area is 155 Å². The zero-order chi connectivity index (χ0) is 17.9. The number of nitrogens with one attached hydrogen (secondary N) is 1. The molecule has 2 heterocycles. The minimum absolute atomic E-state index is 0.0672. The Balaban J connectivity index is 1.81. The highest BCUT2D eigenvalue weighted by atomic mass is 32.2. The predicted molar refractivity (Wildman–Crippen MR) is 105 cm³/mol. The van der Waals surface area contributed by atoms with Crippen LogP contribution in [0.4, 0.5) is 15.8 Å². The number of aromatic nitrogens is 1. The molecule has 4 rings (SSSR count). The number of benzene rings is 2. The number of halogens is 1. The van der Waals surface area contributed by atoms with E-state index in [2.05, 4.69) is 10.3 Å².